The van der Waals surface area contributed by atoms with Crippen LogP contribution in [0.15, 0.2) is 22.7 Å². The summed E-state index contributed by atoms with van der Waals surface area (Å²) in [6.07, 6.45) is 2.77. The van der Waals surface area contributed by atoms with Crippen LogP contribution in [0.5, 0.6) is 5.75 Å². The van der Waals surface area contributed by atoms with Crippen LogP contribution in [0, 0.1) is 0 Å². The van der Waals surface area contributed by atoms with Crippen molar-refractivity contribution in [1.82, 2.24) is 0 Å². The van der Waals surface area contributed by atoms with Crippen LogP contribution < -0.4 is 10.5 Å². The standard InChI is InChI=1S/C13H16BrNO2/c14-9-1-2-10-11(15)8-13(17-12(10)7-9)3-5-16-6-4-13/h1-2,7,11H,3-6,8,15H2/t11-/m1/s1. The molecule has 2 N–H and O–H groups in total. The topological polar surface area (TPSA) is 44.5 Å². The predicted octanol–water partition coefficient (Wildman–Crippen LogP) is 2.78. The Hall–Kier alpha value is -0.580. The van der Waals surface area contributed by atoms with Crippen molar-refractivity contribution in [3.63, 3.8) is 0 Å². The van der Waals surface area contributed by atoms with Gasteiger partial charge < -0.3 is 15.2 Å². The average Bonchev–Trinajstić information content (AvgIpc) is 2.29. The monoisotopic (exact) mass is 297 g/mol. The van der Waals surface area contributed by atoms with E-state index in [9.17, 15) is 0 Å². The van der Waals surface area contributed by atoms with Gasteiger partial charge in [-0.1, -0.05) is 22.0 Å². The smallest absolute Gasteiger partial charge is 0.126 e. The lowest BCUT2D eigenvalue weighted by molar-refractivity contribution is -0.0621. The molecule has 2 aliphatic rings. The van der Waals surface area contributed by atoms with Crippen LogP contribution in [0.4, 0.5) is 0 Å². The molecule has 2 aliphatic heterocycles. The van der Waals surface area contributed by atoms with Crippen LogP contribution >= 0.6 is 15.9 Å². The van der Waals surface area contributed by atoms with E-state index in [0.717, 1.165) is 48.3 Å². The predicted molar refractivity (Wildman–Crippen MR) is 69.1 cm³/mol. The van der Waals surface area contributed by atoms with Crippen LogP contribution in [0.2, 0.25) is 0 Å². The summed E-state index contributed by atoms with van der Waals surface area (Å²) in [5.41, 5.74) is 7.28. The molecule has 1 aromatic carbocycles. The van der Waals surface area contributed by atoms with Gasteiger partial charge in [-0.15, -0.1) is 0 Å². The first-order valence-electron chi connectivity index (χ1n) is 6.00. The largest absolute Gasteiger partial charge is 0.487 e. The van der Waals surface area contributed by atoms with E-state index in [1.165, 1.54) is 0 Å². The fourth-order valence-corrected chi connectivity index (χ4v) is 3.08. The summed E-state index contributed by atoms with van der Waals surface area (Å²) >= 11 is 3.48. The van der Waals surface area contributed by atoms with Gasteiger partial charge in [-0.3, -0.25) is 0 Å². The highest BCUT2D eigenvalue weighted by atomic mass is 79.9. The van der Waals surface area contributed by atoms with Crippen LogP contribution in [0.1, 0.15) is 30.9 Å². The van der Waals surface area contributed by atoms with E-state index in [2.05, 4.69) is 22.0 Å². The summed E-state index contributed by atoms with van der Waals surface area (Å²) in [4.78, 5) is 0. The van der Waals surface area contributed by atoms with Gasteiger partial charge in [0, 0.05) is 35.3 Å². The number of benzene rings is 1. The lowest BCUT2D eigenvalue weighted by Gasteiger charge is -2.43. The first-order valence-corrected chi connectivity index (χ1v) is 6.80. The number of halogens is 1. The average molecular weight is 298 g/mol. The highest BCUT2D eigenvalue weighted by Gasteiger charge is 2.41. The molecule has 1 spiro atoms. The molecule has 0 radical (unpaired) electrons. The van der Waals surface area contributed by atoms with E-state index in [0.29, 0.717) is 0 Å². The Kier molecular flexibility index (Phi) is 2.89. The zero-order chi connectivity index (χ0) is 11.9. The minimum absolute atomic E-state index is 0.0740. The van der Waals surface area contributed by atoms with Crippen LogP contribution in [-0.4, -0.2) is 18.8 Å². The van der Waals surface area contributed by atoms with Crippen molar-refractivity contribution >= 4 is 15.9 Å². The molecule has 92 valence electrons. The minimum atomic E-state index is -0.106. The molecule has 1 saturated heterocycles. The molecule has 3 rings (SSSR count). The zero-order valence-corrected chi connectivity index (χ0v) is 11.2. The summed E-state index contributed by atoms with van der Waals surface area (Å²) < 4.78 is 12.7. The minimum Gasteiger partial charge on any atom is -0.487 e. The molecule has 0 amide bonds. The lowest BCUT2D eigenvalue weighted by atomic mass is 9.82. The van der Waals surface area contributed by atoms with Crippen molar-refractivity contribution in [2.75, 3.05) is 13.2 Å². The van der Waals surface area contributed by atoms with Crippen molar-refractivity contribution in [2.45, 2.75) is 30.9 Å². The Bertz CT molecular complexity index is 429. The zero-order valence-electron chi connectivity index (χ0n) is 9.62. The Labute approximate surface area is 109 Å². The van der Waals surface area contributed by atoms with Gasteiger partial charge in [0.15, 0.2) is 0 Å². The number of fused-ring (bicyclic) bond motifs is 1. The SMILES string of the molecule is N[C@@H]1CC2(CCOCC2)Oc2cc(Br)ccc21. The third-order valence-electron chi connectivity index (χ3n) is 3.70. The van der Waals surface area contributed by atoms with Gasteiger partial charge in [-0.05, 0) is 12.1 Å². The maximum atomic E-state index is 6.27. The first kappa shape index (κ1) is 11.5. The molecule has 2 heterocycles. The summed E-state index contributed by atoms with van der Waals surface area (Å²) in [5.74, 6) is 0.931. The highest BCUT2D eigenvalue weighted by molar-refractivity contribution is 9.10. The highest BCUT2D eigenvalue weighted by Crippen LogP contribution is 2.43. The molecule has 0 unspecified atom stereocenters. The molecule has 1 fully saturated rings. The van der Waals surface area contributed by atoms with Gasteiger partial charge in [0.25, 0.3) is 0 Å². The van der Waals surface area contributed by atoms with E-state index >= 15 is 0 Å². The van der Waals surface area contributed by atoms with Crippen molar-refractivity contribution in [2.24, 2.45) is 5.73 Å². The van der Waals surface area contributed by atoms with E-state index in [1.54, 1.807) is 0 Å². The van der Waals surface area contributed by atoms with Gasteiger partial charge in [0.2, 0.25) is 0 Å². The fourth-order valence-electron chi connectivity index (χ4n) is 2.74. The normalized spacial score (nSPS) is 26.4. The summed E-state index contributed by atoms with van der Waals surface area (Å²) in [6, 6.07) is 6.16. The second kappa shape index (κ2) is 4.26. The Balaban J connectivity index is 1.95. The van der Waals surface area contributed by atoms with E-state index in [1.807, 2.05) is 12.1 Å². The van der Waals surface area contributed by atoms with E-state index < -0.39 is 0 Å². The fraction of sp³-hybridized carbons (Fsp3) is 0.538. The Morgan fingerprint density at radius 3 is 2.82 bits per heavy atom. The second-order valence-electron chi connectivity index (χ2n) is 4.89. The molecule has 0 aromatic heterocycles. The van der Waals surface area contributed by atoms with Crippen molar-refractivity contribution in [3.05, 3.63) is 28.2 Å². The molecule has 1 aromatic rings. The van der Waals surface area contributed by atoms with Crippen LogP contribution in [0.3, 0.4) is 0 Å². The molecule has 3 nitrogen and oxygen atoms in total. The molecule has 0 bridgehead atoms. The maximum absolute atomic E-state index is 6.27. The molecular weight excluding hydrogens is 282 g/mol. The van der Waals surface area contributed by atoms with Crippen molar-refractivity contribution in [3.8, 4) is 5.75 Å². The third-order valence-corrected chi connectivity index (χ3v) is 4.19. The number of ether oxygens (including phenoxy) is 2. The van der Waals surface area contributed by atoms with Crippen LogP contribution in [-0.2, 0) is 4.74 Å². The number of hydrogen-bond donors (Lipinski definition) is 1. The maximum Gasteiger partial charge on any atom is 0.126 e. The van der Waals surface area contributed by atoms with E-state index in [-0.39, 0.29) is 11.6 Å². The quantitative estimate of drug-likeness (QED) is 0.801. The number of hydrogen-bond acceptors (Lipinski definition) is 3. The summed E-state index contributed by atoms with van der Waals surface area (Å²) in [7, 11) is 0. The molecule has 17 heavy (non-hydrogen) atoms. The Morgan fingerprint density at radius 1 is 1.29 bits per heavy atom. The molecular formula is C13H16BrNO2. The van der Waals surface area contributed by atoms with Gasteiger partial charge >= 0.3 is 0 Å². The summed E-state index contributed by atoms with van der Waals surface area (Å²) in [5, 5.41) is 0. The molecule has 0 aliphatic carbocycles. The van der Waals surface area contributed by atoms with E-state index in [4.69, 9.17) is 15.2 Å². The van der Waals surface area contributed by atoms with Crippen molar-refractivity contribution in [1.29, 1.82) is 0 Å². The van der Waals surface area contributed by atoms with Gasteiger partial charge in [-0.25, -0.2) is 0 Å². The Morgan fingerprint density at radius 2 is 2.06 bits per heavy atom. The first-order chi connectivity index (χ1) is 8.19. The lowest BCUT2D eigenvalue weighted by Crippen LogP contribution is -2.47. The molecule has 4 heteroatoms. The van der Waals surface area contributed by atoms with Crippen LogP contribution in [0.25, 0.3) is 0 Å². The molecule has 0 saturated carbocycles. The third kappa shape index (κ3) is 2.09. The second-order valence-corrected chi connectivity index (χ2v) is 5.81. The van der Waals surface area contributed by atoms with Crippen molar-refractivity contribution < 1.29 is 9.47 Å². The summed E-state index contributed by atoms with van der Waals surface area (Å²) in [6.45, 7) is 1.55. The molecule has 1 atom stereocenters. The van der Waals surface area contributed by atoms with Gasteiger partial charge in [-0.2, -0.15) is 0 Å². The number of rotatable bonds is 0. The number of nitrogens with two attached hydrogens (primary N) is 1. The van der Waals surface area contributed by atoms with Gasteiger partial charge in [0.1, 0.15) is 11.4 Å². The van der Waals surface area contributed by atoms with Gasteiger partial charge in [0.05, 0.1) is 13.2 Å².